The normalized spacial score (nSPS) is 11.2. The summed E-state index contributed by atoms with van der Waals surface area (Å²) in [6.45, 7) is 1.96. The molecule has 7 nitrogen and oxygen atoms in total. The van der Waals surface area contributed by atoms with Crippen molar-refractivity contribution in [2.24, 2.45) is 0 Å². The van der Waals surface area contributed by atoms with Gasteiger partial charge >= 0.3 is 0 Å². The van der Waals surface area contributed by atoms with Crippen LogP contribution in [0.3, 0.4) is 0 Å². The van der Waals surface area contributed by atoms with E-state index in [9.17, 15) is 18.5 Å². The summed E-state index contributed by atoms with van der Waals surface area (Å²) in [5.74, 6) is 0. The number of nitrogens with zero attached hydrogens (tertiary/aromatic N) is 2. The predicted molar refractivity (Wildman–Crippen MR) is 103 cm³/mol. The molecule has 0 fully saturated rings. The predicted octanol–water partition coefficient (Wildman–Crippen LogP) is 4.42. The standard InChI is InChI=1S/C18H14ClN3O4S/c1-12-8-9-20-11-16(12)13-2-4-14(5-3-13)21-27(25,26)15-6-7-17(19)18(10-15)22(23)24/h2-11,21H,1H3. The number of pyridine rings is 1. The highest BCUT2D eigenvalue weighted by Gasteiger charge is 2.20. The zero-order chi connectivity index (χ0) is 19.6. The third kappa shape index (κ3) is 4.07. The van der Waals surface area contributed by atoms with Crippen LogP contribution >= 0.6 is 11.6 Å². The lowest BCUT2D eigenvalue weighted by Crippen LogP contribution is -2.13. The van der Waals surface area contributed by atoms with Crippen LogP contribution in [0.15, 0.2) is 65.8 Å². The van der Waals surface area contributed by atoms with Crippen molar-refractivity contribution in [1.29, 1.82) is 0 Å². The summed E-state index contributed by atoms with van der Waals surface area (Å²) in [7, 11) is -4.00. The van der Waals surface area contributed by atoms with Gasteiger partial charge < -0.3 is 0 Å². The Labute approximate surface area is 160 Å². The summed E-state index contributed by atoms with van der Waals surface area (Å²) >= 11 is 5.73. The molecule has 138 valence electrons. The SMILES string of the molecule is Cc1ccncc1-c1ccc(NS(=O)(=O)c2ccc(Cl)c([N+](=O)[O-])c2)cc1. The second kappa shape index (κ2) is 7.34. The number of aromatic nitrogens is 1. The molecule has 0 radical (unpaired) electrons. The molecule has 0 saturated heterocycles. The third-order valence-corrected chi connectivity index (χ3v) is 5.61. The molecule has 0 saturated carbocycles. The molecule has 0 atom stereocenters. The summed E-state index contributed by atoms with van der Waals surface area (Å²) in [6.07, 6.45) is 3.44. The van der Waals surface area contributed by atoms with Crippen molar-refractivity contribution in [3.05, 3.63) is 81.6 Å². The van der Waals surface area contributed by atoms with E-state index >= 15 is 0 Å². The van der Waals surface area contributed by atoms with Gasteiger partial charge in [-0.15, -0.1) is 0 Å². The first-order valence-electron chi connectivity index (χ1n) is 7.76. The average Bonchev–Trinajstić information content (AvgIpc) is 2.62. The molecule has 0 aliphatic rings. The minimum Gasteiger partial charge on any atom is -0.280 e. The van der Waals surface area contributed by atoms with Gasteiger partial charge in [0.2, 0.25) is 0 Å². The fourth-order valence-corrected chi connectivity index (χ4v) is 3.76. The van der Waals surface area contributed by atoms with Gasteiger partial charge in [-0.2, -0.15) is 0 Å². The summed E-state index contributed by atoms with van der Waals surface area (Å²) in [5, 5.41) is 10.8. The Hall–Kier alpha value is -2.97. The monoisotopic (exact) mass is 403 g/mol. The molecule has 0 aliphatic carbocycles. The van der Waals surface area contributed by atoms with E-state index in [-0.39, 0.29) is 9.92 Å². The first-order valence-corrected chi connectivity index (χ1v) is 9.62. The minimum atomic E-state index is -4.00. The molecule has 1 N–H and O–H groups in total. The van der Waals surface area contributed by atoms with Crippen LogP contribution in [0.2, 0.25) is 5.02 Å². The molecule has 27 heavy (non-hydrogen) atoms. The van der Waals surface area contributed by atoms with E-state index in [2.05, 4.69) is 9.71 Å². The average molecular weight is 404 g/mol. The van der Waals surface area contributed by atoms with E-state index in [1.54, 1.807) is 36.7 Å². The Morgan fingerprint density at radius 1 is 1.11 bits per heavy atom. The van der Waals surface area contributed by atoms with Gasteiger partial charge in [-0.25, -0.2) is 8.42 Å². The Morgan fingerprint density at radius 2 is 1.81 bits per heavy atom. The molecule has 3 rings (SSSR count). The third-order valence-electron chi connectivity index (χ3n) is 3.91. The Balaban J connectivity index is 1.87. The highest BCUT2D eigenvalue weighted by Crippen LogP contribution is 2.29. The molecule has 1 heterocycles. The van der Waals surface area contributed by atoms with Crippen LogP contribution in [-0.4, -0.2) is 18.3 Å². The number of nitrogens with one attached hydrogen (secondary N) is 1. The van der Waals surface area contributed by atoms with Gasteiger partial charge in [0.1, 0.15) is 5.02 Å². The van der Waals surface area contributed by atoms with Gasteiger partial charge in [0.05, 0.1) is 9.82 Å². The molecule has 3 aromatic rings. The number of sulfonamides is 1. The van der Waals surface area contributed by atoms with Crippen molar-refractivity contribution in [2.75, 3.05) is 4.72 Å². The summed E-state index contributed by atoms with van der Waals surface area (Å²) in [4.78, 5) is 14.1. The summed E-state index contributed by atoms with van der Waals surface area (Å²) in [5.41, 5.74) is 2.75. The largest absolute Gasteiger partial charge is 0.289 e. The molecule has 0 amide bonds. The quantitative estimate of drug-likeness (QED) is 0.501. The first kappa shape index (κ1) is 18.8. The lowest BCUT2D eigenvalue weighted by atomic mass is 10.0. The molecule has 0 unspecified atom stereocenters. The maximum absolute atomic E-state index is 12.5. The molecule has 0 spiro atoms. The topological polar surface area (TPSA) is 102 Å². The first-order chi connectivity index (χ1) is 12.8. The number of hydrogen-bond acceptors (Lipinski definition) is 5. The van der Waals surface area contributed by atoms with Gasteiger partial charge in [-0.1, -0.05) is 23.7 Å². The Bertz CT molecular complexity index is 1120. The van der Waals surface area contributed by atoms with Crippen molar-refractivity contribution in [2.45, 2.75) is 11.8 Å². The number of nitro benzene ring substituents is 1. The van der Waals surface area contributed by atoms with Crippen LogP contribution in [0, 0.1) is 17.0 Å². The molecule has 9 heteroatoms. The second-order valence-corrected chi connectivity index (χ2v) is 7.83. The van der Waals surface area contributed by atoms with Gasteiger partial charge in [-0.3, -0.25) is 19.8 Å². The van der Waals surface area contributed by atoms with Crippen molar-refractivity contribution in [1.82, 2.24) is 4.98 Å². The number of hydrogen-bond donors (Lipinski definition) is 1. The summed E-state index contributed by atoms with van der Waals surface area (Å²) < 4.78 is 27.4. The number of anilines is 1. The molecule has 0 aliphatic heterocycles. The Morgan fingerprint density at radius 3 is 2.44 bits per heavy atom. The number of benzene rings is 2. The molecular formula is C18H14ClN3O4S. The number of nitro groups is 1. The van der Waals surface area contributed by atoms with Gasteiger partial charge in [-0.05, 0) is 48.4 Å². The molecule has 1 aromatic heterocycles. The van der Waals surface area contributed by atoms with Crippen molar-refractivity contribution in [3.8, 4) is 11.1 Å². The van der Waals surface area contributed by atoms with Crippen LogP contribution in [0.5, 0.6) is 0 Å². The lowest BCUT2D eigenvalue weighted by molar-refractivity contribution is -0.384. The zero-order valence-electron chi connectivity index (χ0n) is 14.1. The number of halogens is 1. The van der Waals surface area contributed by atoms with Crippen LogP contribution in [0.4, 0.5) is 11.4 Å². The second-order valence-electron chi connectivity index (χ2n) is 5.74. The number of rotatable bonds is 5. The van der Waals surface area contributed by atoms with Crippen molar-refractivity contribution < 1.29 is 13.3 Å². The zero-order valence-corrected chi connectivity index (χ0v) is 15.7. The van der Waals surface area contributed by atoms with Crippen molar-refractivity contribution >= 4 is 33.0 Å². The molecule has 0 bridgehead atoms. The minimum absolute atomic E-state index is 0.129. The van der Waals surface area contributed by atoms with Crippen LogP contribution in [0.25, 0.3) is 11.1 Å². The van der Waals surface area contributed by atoms with E-state index in [0.29, 0.717) is 5.69 Å². The fraction of sp³-hybridized carbons (Fsp3) is 0.0556. The van der Waals surface area contributed by atoms with Crippen LogP contribution in [0.1, 0.15) is 5.56 Å². The van der Waals surface area contributed by atoms with Gasteiger partial charge in [0.25, 0.3) is 15.7 Å². The van der Waals surface area contributed by atoms with E-state index in [4.69, 9.17) is 11.6 Å². The van der Waals surface area contributed by atoms with E-state index < -0.39 is 20.6 Å². The maximum Gasteiger partial charge on any atom is 0.289 e. The van der Waals surface area contributed by atoms with E-state index in [0.717, 1.165) is 22.8 Å². The molecular weight excluding hydrogens is 390 g/mol. The maximum atomic E-state index is 12.5. The van der Waals surface area contributed by atoms with Gasteiger partial charge in [0.15, 0.2) is 0 Å². The fourth-order valence-electron chi connectivity index (χ4n) is 2.50. The van der Waals surface area contributed by atoms with Crippen LogP contribution < -0.4 is 4.72 Å². The molecule has 2 aromatic carbocycles. The smallest absolute Gasteiger partial charge is 0.280 e. The van der Waals surface area contributed by atoms with E-state index in [1.807, 2.05) is 13.0 Å². The van der Waals surface area contributed by atoms with E-state index in [1.165, 1.54) is 12.1 Å². The highest BCUT2D eigenvalue weighted by molar-refractivity contribution is 7.92. The number of aryl methyl sites for hydroxylation is 1. The van der Waals surface area contributed by atoms with Crippen LogP contribution in [-0.2, 0) is 10.0 Å². The highest BCUT2D eigenvalue weighted by atomic mass is 35.5. The Kier molecular flexibility index (Phi) is 5.11. The van der Waals surface area contributed by atoms with Gasteiger partial charge in [0, 0.05) is 29.7 Å². The van der Waals surface area contributed by atoms with Crippen molar-refractivity contribution in [3.63, 3.8) is 0 Å². The lowest BCUT2D eigenvalue weighted by Gasteiger charge is -2.10. The summed E-state index contributed by atoms with van der Waals surface area (Å²) in [6, 6.07) is 12.0.